The maximum Gasteiger partial charge on any atom is 0.186 e. The second kappa shape index (κ2) is 3.41. The molecule has 0 aromatic rings. The molecule has 0 saturated heterocycles. The monoisotopic (exact) mass is 150 g/mol. The molecular weight excluding hydrogens is 140 g/mol. The fraction of sp³-hybridized carbons (Fsp3) is 0.800. The quantitative estimate of drug-likeness (QED) is 0.444. The summed E-state index contributed by atoms with van der Waals surface area (Å²) in [6, 6.07) is 0. The van der Waals surface area contributed by atoms with E-state index in [0.717, 1.165) is 5.62 Å². The van der Waals surface area contributed by atoms with Crippen molar-refractivity contribution in [3.63, 3.8) is 0 Å². The van der Waals surface area contributed by atoms with Crippen molar-refractivity contribution in [1.82, 2.24) is 0 Å². The molecule has 0 amide bonds. The van der Waals surface area contributed by atoms with Gasteiger partial charge in [0, 0.05) is 4.75 Å². The Balaban J connectivity index is 3.24. The number of hydrogen-bond donors (Lipinski definition) is 0. The van der Waals surface area contributed by atoms with Gasteiger partial charge in [-0.15, -0.1) is 0 Å². The van der Waals surface area contributed by atoms with Crippen molar-refractivity contribution in [3.8, 4) is 0 Å². The first kappa shape index (κ1) is 8.37. The van der Waals surface area contributed by atoms with Crippen molar-refractivity contribution >= 4 is 27.2 Å². The topological polar surface area (TPSA) is 17.1 Å². The van der Waals surface area contributed by atoms with Gasteiger partial charge in [0.05, 0.1) is 0 Å². The Labute approximate surface area is 58.0 Å². The molecule has 0 N–H and O–H groups in total. The molecule has 0 bridgehead atoms. The summed E-state index contributed by atoms with van der Waals surface area (Å²) in [5.74, 6) is 0. The van der Waals surface area contributed by atoms with Crippen LogP contribution in [-0.4, -0.2) is 10.4 Å². The van der Waals surface area contributed by atoms with E-state index in [1.807, 2.05) is 0 Å². The molecule has 8 heavy (non-hydrogen) atoms. The van der Waals surface area contributed by atoms with Gasteiger partial charge >= 0.3 is 0 Å². The van der Waals surface area contributed by atoms with E-state index < -0.39 is 0 Å². The summed E-state index contributed by atoms with van der Waals surface area (Å²) in [6.07, 6.45) is 0. The highest BCUT2D eigenvalue weighted by atomic mass is 33.1. The van der Waals surface area contributed by atoms with Crippen LogP contribution in [0.3, 0.4) is 0 Å². The van der Waals surface area contributed by atoms with Crippen molar-refractivity contribution < 1.29 is 4.79 Å². The van der Waals surface area contributed by atoms with Gasteiger partial charge in [-0.2, -0.15) is 0 Å². The Hall–Kier alpha value is 0.370. The minimum absolute atomic E-state index is 0.200. The van der Waals surface area contributed by atoms with Crippen molar-refractivity contribution in [2.24, 2.45) is 0 Å². The molecule has 1 nitrogen and oxygen atoms in total. The van der Waals surface area contributed by atoms with E-state index in [0.29, 0.717) is 0 Å². The minimum atomic E-state index is 0.200. The smallest absolute Gasteiger partial charge is 0.186 e. The van der Waals surface area contributed by atoms with Gasteiger partial charge in [-0.25, -0.2) is 0 Å². The van der Waals surface area contributed by atoms with E-state index in [9.17, 15) is 4.79 Å². The molecular formula is C5H10OS2. The van der Waals surface area contributed by atoms with Gasteiger partial charge in [-0.3, -0.25) is 4.79 Å². The predicted octanol–water partition coefficient (Wildman–Crippen LogP) is 2.36. The van der Waals surface area contributed by atoms with Crippen LogP contribution in [0.15, 0.2) is 0 Å². The van der Waals surface area contributed by atoms with Crippen LogP contribution in [0.4, 0.5) is 0 Å². The van der Waals surface area contributed by atoms with Gasteiger partial charge in [-0.05, 0) is 10.8 Å². The van der Waals surface area contributed by atoms with Gasteiger partial charge < -0.3 is 0 Å². The molecule has 0 aliphatic rings. The van der Waals surface area contributed by atoms with Crippen LogP contribution in [0.2, 0.25) is 0 Å². The summed E-state index contributed by atoms with van der Waals surface area (Å²) in [6.45, 7) is 6.23. The highest BCUT2D eigenvalue weighted by Crippen LogP contribution is 2.32. The number of carbonyl (C=O) groups excluding carboxylic acids is 1. The third-order valence-corrected chi connectivity index (χ3v) is 3.04. The Morgan fingerprint density at radius 2 is 1.88 bits per heavy atom. The maximum absolute atomic E-state index is 9.79. The summed E-state index contributed by atoms with van der Waals surface area (Å²) >= 11 is 0. The van der Waals surface area contributed by atoms with Gasteiger partial charge in [0.25, 0.3) is 0 Å². The largest absolute Gasteiger partial charge is 0.290 e. The molecule has 0 rings (SSSR count). The lowest BCUT2D eigenvalue weighted by atomic mass is 10.3. The highest BCUT2D eigenvalue weighted by molar-refractivity contribution is 8.82. The standard InChI is InChI=1S/C5H10OS2/c1-5(2,3)8-7-4-6/h4H,1-3H3. The van der Waals surface area contributed by atoms with E-state index in [1.54, 1.807) is 10.8 Å². The van der Waals surface area contributed by atoms with E-state index in [-0.39, 0.29) is 4.75 Å². The van der Waals surface area contributed by atoms with E-state index in [2.05, 4.69) is 20.8 Å². The normalized spacial score (nSPS) is 11.4. The Kier molecular flexibility index (Phi) is 3.56. The van der Waals surface area contributed by atoms with Crippen LogP contribution in [0.1, 0.15) is 20.8 Å². The fourth-order valence-electron chi connectivity index (χ4n) is 0.164. The first-order chi connectivity index (χ1) is 3.56. The Morgan fingerprint density at radius 3 is 2.00 bits per heavy atom. The molecule has 3 heteroatoms. The fourth-order valence-corrected chi connectivity index (χ4v) is 1.48. The van der Waals surface area contributed by atoms with Gasteiger partial charge in [0.2, 0.25) is 0 Å². The molecule has 0 aromatic heterocycles. The molecule has 0 saturated carbocycles. The molecule has 0 unspecified atom stereocenters. The number of rotatable bonds is 2. The lowest BCUT2D eigenvalue weighted by molar-refractivity contribution is 0.570. The third kappa shape index (κ3) is 6.37. The van der Waals surface area contributed by atoms with Gasteiger partial charge in [0.15, 0.2) is 5.62 Å². The molecule has 0 spiro atoms. The average Bonchev–Trinajstić information content (AvgIpc) is 1.59. The number of hydrogen-bond acceptors (Lipinski definition) is 3. The highest BCUT2D eigenvalue weighted by Gasteiger charge is 2.09. The van der Waals surface area contributed by atoms with Crippen LogP contribution < -0.4 is 0 Å². The molecule has 0 fully saturated rings. The molecule has 0 heterocycles. The SMILES string of the molecule is CC(C)(C)SSC=O. The summed E-state index contributed by atoms with van der Waals surface area (Å²) in [7, 11) is 2.83. The van der Waals surface area contributed by atoms with Crippen LogP contribution in [0, 0.1) is 0 Å². The minimum Gasteiger partial charge on any atom is -0.290 e. The first-order valence-corrected chi connectivity index (χ1v) is 4.56. The Morgan fingerprint density at radius 1 is 1.38 bits per heavy atom. The zero-order chi connectivity index (χ0) is 6.62. The lowest BCUT2D eigenvalue weighted by Crippen LogP contribution is -2.04. The average molecular weight is 150 g/mol. The van der Waals surface area contributed by atoms with Crippen LogP contribution in [0.5, 0.6) is 0 Å². The lowest BCUT2D eigenvalue weighted by Gasteiger charge is -2.13. The van der Waals surface area contributed by atoms with Crippen molar-refractivity contribution in [2.45, 2.75) is 25.5 Å². The molecule has 48 valence electrons. The number of carbonyl (C=O) groups is 1. The van der Waals surface area contributed by atoms with E-state index in [4.69, 9.17) is 0 Å². The summed E-state index contributed by atoms with van der Waals surface area (Å²) < 4.78 is 0.200. The maximum atomic E-state index is 9.79. The van der Waals surface area contributed by atoms with Crippen LogP contribution in [0.25, 0.3) is 0 Å². The third-order valence-electron chi connectivity index (χ3n) is 0.337. The zero-order valence-corrected chi connectivity index (χ0v) is 6.94. The van der Waals surface area contributed by atoms with Crippen molar-refractivity contribution in [3.05, 3.63) is 0 Å². The van der Waals surface area contributed by atoms with Gasteiger partial charge in [-0.1, -0.05) is 31.6 Å². The van der Waals surface area contributed by atoms with Crippen LogP contribution in [-0.2, 0) is 4.79 Å². The summed E-state index contributed by atoms with van der Waals surface area (Å²) in [5, 5.41) is 0. The molecule has 0 radical (unpaired) electrons. The first-order valence-electron chi connectivity index (χ1n) is 2.34. The second-order valence-corrected chi connectivity index (χ2v) is 5.24. The van der Waals surface area contributed by atoms with Gasteiger partial charge in [0.1, 0.15) is 0 Å². The molecule has 0 aromatic carbocycles. The van der Waals surface area contributed by atoms with E-state index >= 15 is 0 Å². The zero-order valence-electron chi connectivity index (χ0n) is 5.30. The second-order valence-electron chi connectivity index (χ2n) is 2.39. The van der Waals surface area contributed by atoms with E-state index in [1.165, 1.54) is 10.8 Å². The Bertz CT molecular complexity index is 75.0. The predicted molar refractivity (Wildman–Crippen MR) is 41.7 cm³/mol. The molecule has 0 atom stereocenters. The van der Waals surface area contributed by atoms with Crippen LogP contribution >= 0.6 is 21.6 Å². The molecule has 0 aliphatic carbocycles. The van der Waals surface area contributed by atoms with Crippen molar-refractivity contribution in [2.75, 3.05) is 0 Å². The summed E-state index contributed by atoms with van der Waals surface area (Å²) in [5.41, 5.74) is 0.857. The summed E-state index contributed by atoms with van der Waals surface area (Å²) in [4.78, 5) is 9.79. The van der Waals surface area contributed by atoms with Crippen molar-refractivity contribution in [1.29, 1.82) is 0 Å². The molecule has 0 aliphatic heterocycles.